The molecule has 1 aliphatic rings. The van der Waals surface area contributed by atoms with Gasteiger partial charge in [-0.25, -0.2) is 0 Å². The number of benzene rings is 2. The Morgan fingerprint density at radius 2 is 1.88 bits per heavy atom. The van der Waals surface area contributed by atoms with Crippen LogP contribution in [0.5, 0.6) is 5.75 Å². The van der Waals surface area contributed by atoms with E-state index in [1.165, 1.54) is 11.1 Å². The Morgan fingerprint density at radius 3 is 2.58 bits per heavy atom. The fraction of sp³-hybridized carbons (Fsp3) is 0.350. The van der Waals surface area contributed by atoms with Crippen molar-refractivity contribution in [2.75, 3.05) is 6.54 Å². The zero-order valence-electron chi connectivity index (χ0n) is 14.1. The van der Waals surface area contributed by atoms with E-state index in [-0.39, 0.29) is 18.1 Å². The molecule has 0 aliphatic carbocycles. The minimum absolute atomic E-state index is 0.0207. The summed E-state index contributed by atoms with van der Waals surface area (Å²) in [6.45, 7) is 5.07. The molecule has 3 rings (SSSR count). The van der Waals surface area contributed by atoms with Crippen molar-refractivity contribution in [1.82, 2.24) is 5.32 Å². The first-order valence-electron chi connectivity index (χ1n) is 8.35. The van der Waals surface area contributed by atoms with Gasteiger partial charge in [-0.3, -0.25) is 4.79 Å². The molecule has 1 aliphatic heterocycles. The summed E-state index contributed by atoms with van der Waals surface area (Å²) < 4.78 is 11.4. The Balaban J connectivity index is 1.52. The van der Waals surface area contributed by atoms with Gasteiger partial charge in [0.1, 0.15) is 5.75 Å². The normalized spacial score (nSPS) is 16.5. The molecule has 1 unspecified atom stereocenters. The van der Waals surface area contributed by atoms with Gasteiger partial charge >= 0.3 is 0 Å². The van der Waals surface area contributed by atoms with Crippen LogP contribution in [-0.4, -0.2) is 24.7 Å². The molecule has 1 amide bonds. The Morgan fingerprint density at radius 1 is 1.17 bits per heavy atom. The van der Waals surface area contributed by atoms with Crippen molar-refractivity contribution in [3.8, 4) is 5.75 Å². The lowest BCUT2D eigenvalue weighted by molar-refractivity contribution is 0.0285. The number of hydrogen-bond donors (Lipinski definition) is 1. The van der Waals surface area contributed by atoms with Crippen LogP contribution in [0.1, 0.15) is 35.3 Å². The van der Waals surface area contributed by atoms with Gasteiger partial charge in [0.05, 0.1) is 18.8 Å². The van der Waals surface area contributed by atoms with E-state index < -0.39 is 0 Å². The second-order valence-corrected chi connectivity index (χ2v) is 6.31. The standard InChI is InChI=1S/C20H23NO3/c1-14(2)24-18-9-7-15(8-10-18)20(22)21-12-19-11-16-5-3-4-6-17(16)13-23-19/h3-10,14,19H,11-13H2,1-2H3,(H,21,22). The summed E-state index contributed by atoms with van der Waals surface area (Å²) in [7, 11) is 0. The Hall–Kier alpha value is -2.33. The van der Waals surface area contributed by atoms with Gasteiger partial charge in [-0.05, 0) is 49.2 Å². The minimum Gasteiger partial charge on any atom is -0.491 e. The van der Waals surface area contributed by atoms with Gasteiger partial charge in [-0.2, -0.15) is 0 Å². The molecule has 2 aromatic rings. The van der Waals surface area contributed by atoms with Crippen LogP contribution in [0.15, 0.2) is 48.5 Å². The Labute approximate surface area is 142 Å². The number of ether oxygens (including phenoxy) is 2. The van der Waals surface area contributed by atoms with Crippen LogP contribution in [0.2, 0.25) is 0 Å². The van der Waals surface area contributed by atoms with Crippen molar-refractivity contribution in [3.63, 3.8) is 0 Å². The second-order valence-electron chi connectivity index (χ2n) is 6.31. The van der Waals surface area contributed by atoms with Crippen LogP contribution in [-0.2, 0) is 17.8 Å². The lowest BCUT2D eigenvalue weighted by Crippen LogP contribution is -2.36. The van der Waals surface area contributed by atoms with Crippen molar-refractivity contribution >= 4 is 5.91 Å². The monoisotopic (exact) mass is 325 g/mol. The first-order chi connectivity index (χ1) is 11.6. The van der Waals surface area contributed by atoms with E-state index in [9.17, 15) is 4.79 Å². The number of amides is 1. The molecule has 4 heteroatoms. The third-order valence-electron chi connectivity index (χ3n) is 4.02. The number of carbonyl (C=O) groups is 1. The summed E-state index contributed by atoms with van der Waals surface area (Å²) in [5.41, 5.74) is 3.17. The summed E-state index contributed by atoms with van der Waals surface area (Å²) >= 11 is 0. The number of carbonyl (C=O) groups excluding carboxylic acids is 1. The summed E-state index contributed by atoms with van der Waals surface area (Å²) in [5, 5.41) is 2.95. The van der Waals surface area contributed by atoms with E-state index in [0.29, 0.717) is 18.7 Å². The van der Waals surface area contributed by atoms with Crippen LogP contribution < -0.4 is 10.1 Å². The second kappa shape index (κ2) is 7.49. The van der Waals surface area contributed by atoms with Crippen molar-refractivity contribution in [1.29, 1.82) is 0 Å². The van der Waals surface area contributed by atoms with Crippen LogP contribution in [0.4, 0.5) is 0 Å². The maximum absolute atomic E-state index is 12.3. The number of fused-ring (bicyclic) bond motifs is 1. The maximum Gasteiger partial charge on any atom is 0.251 e. The minimum atomic E-state index is -0.0893. The van der Waals surface area contributed by atoms with Crippen molar-refractivity contribution in [2.45, 2.75) is 39.1 Å². The number of rotatable bonds is 5. The molecule has 1 heterocycles. The van der Waals surface area contributed by atoms with E-state index in [1.807, 2.05) is 38.1 Å². The first kappa shape index (κ1) is 16.5. The van der Waals surface area contributed by atoms with Crippen LogP contribution in [0.25, 0.3) is 0 Å². The molecule has 0 fully saturated rings. The van der Waals surface area contributed by atoms with Crippen LogP contribution in [0, 0.1) is 0 Å². The van der Waals surface area contributed by atoms with Crippen molar-refractivity contribution in [2.24, 2.45) is 0 Å². The molecule has 1 N–H and O–H groups in total. The van der Waals surface area contributed by atoms with E-state index in [0.717, 1.165) is 12.2 Å². The van der Waals surface area contributed by atoms with E-state index in [1.54, 1.807) is 12.1 Å². The SMILES string of the molecule is CC(C)Oc1ccc(C(=O)NCC2Cc3ccccc3CO2)cc1. The predicted octanol–water partition coefficient (Wildman–Crippen LogP) is 3.35. The quantitative estimate of drug-likeness (QED) is 0.917. The lowest BCUT2D eigenvalue weighted by Gasteiger charge is -2.25. The third-order valence-corrected chi connectivity index (χ3v) is 4.02. The molecule has 126 valence electrons. The zero-order chi connectivity index (χ0) is 16.9. The van der Waals surface area contributed by atoms with Gasteiger partial charge in [0.2, 0.25) is 0 Å². The highest BCUT2D eigenvalue weighted by atomic mass is 16.5. The molecular weight excluding hydrogens is 302 g/mol. The molecule has 1 atom stereocenters. The highest BCUT2D eigenvalue weighted by Gasteiger charge is 2.19. The van der Waals surface area contributed by atoms with Gasteiger partial charge in [-0.1, -0.05) is 24.3 Å². The fourth-order valence-corrected chi connectivity index (χ4v) is 2.81. The topological polar surface area (TPSA) is 47.6 Å². The average Bonchev–Trinajstić information content (AvgIpc) is 2.59. The van der Waals surface area contributed by atoms with Gasteiger partial charge in [0.15, 0.2) is 0 Å². The lowest BCUT2D eigenvalue weighted by atomic mass is 9.99. The van der Waals surface area contributed by atoms with Gasteiger partial charge in [-0.15, -0.1) is 0 Å². The van der Waals surface area contributed by atoms with Crippen LogP contribution in [0.3, 0.4) is 0 Å². The Bertz CT molecular complexity index is 694. The van der Waals surface area contributed by atoms with Gasteiger partial charge in [0.25, 0.3) is 5.91 Å². The molecular formula is C20H23NO3. The number of hydrogen-bond acceptors (Lipinski definition) is 3. The predicted molar refractivity (Wildman–Crippen MR) is 93.3 cm³/mol. The number of nitrogens with one attached hydrogen (secondary N) is 1. The van der Waals surface area contributed by atoms with E-state index in [4.69, 9.17) is 9.47 Å². The molecule has 4 nitrogen and oxygen atoms in total. The molecule has 0 saturated carbocycles. The summed E-state index contributed by atoms with van der Waals surface area (Å²) in [6, 6.07) is 15.5. The smallest absolute Gasteiger partial charge is 0.251 e. The fourth-order valence-electron chi connectivity index (χ4n) is 2.81. The molecule has 0 bridgehead atoms. The molecule has 0 aromatic heterocycles. The highest BCUT2D eigenvalue weighted by Crippen LogP contribution is 2.20. The van der Waals surface area contributed by atoms with Crippen molar-refractivity contribution in [3.05, 3.63) is 65.2 Å². The van der Waals surface area contributed by atoms with E-state index in [2.05, 4.69) is 17.4 Å². The largest absolute Gasteiger partial charge is 0.491 e. The summed E-state index contributed by atoms with van der Waals surface area (Å²) in [5.74, 6) is 0.683. The van der Waals surface area contributed by atoms with Crippen LogP contribution >= 0.6 is 0 Å². The molecule has 0 spiro atoms. The third kappa shape index (κ3) is 4.15. The average molecular weight is 325 g/mol. The van der Waals surface area contributed by atoms with Crippen molar-refractivity contribution < 1.29 is 14.3 Å². The highest BCUT2D eigenvalue weighted by molar-refractivity contribution is 5.94. The summed E-state index contributed by atoms with van der Waals surface area (Å²) in [4.78, 5) is 12.3. The molecule has 0 saturated heterocycles. The van der Waals surface area contributed by atoms with E-state index >= 15 is 0 Å². The maximum atomic E-state index is 12.3. The molecule has 2 aromatic carbocycles. The molecule has 24 heavy (non-hydrogen) atoms. The summed E-state index contributed by atoms with van der Waals surface area (Å²) in [6.07, 6.45) is 0.973. The van der Waals surface area contributed by atoms with Gasteiger partial charge < -0.3 is 14.8 Å². The Kier molecular flexibility index (Phi) is 5.16. The molecule has 0 radical (unpaired) electrons. The zero-order valence-corrected chi connectivity index (χ0v) is 14.1. The van der Waals surface area contributed by atoms with Gasteiger partial charge in [0, 0.05) is 18.5 Å². The first-order valence-corrected chi connectivity index (χ1v) is 8.35.